The van der Waals surface area contributed by atoms with Gasteiger partial charge >= 0.3 is 5.69 Å². The molecule has 3 aromatic rings. The second-order valence-electron chi connectivity index (χ2n) is 8.26. The zero-order chi connectivity index (χ0) is 20.9. The lowest BCUT2D eigenvalue weighted by atomic mass is 10.0. The summed E-state index contributed by atoms with van der Waals surface area (Å²) < 4.78 is 28.3. The summed E-state index contributed by atoms with van der Waals surface area (Å²) in [5.74, 6) is 0.437. The number of rotatable bonds is 7. The number of carbonyl (C=O) groups is 1. The SMILES string of the molecule is O=C(NCC1(C2CC2)CC1)c1ccccc1NS(=O)(=O)c1ccc2[nH]c(=O)[nH]c2c1. The number of imidazole rings is 1. The molecule has 0 saturated heterocycles. The van der Waals surface area contributed by atoms with Crippen molar-refractivity contribution >= 4 is 32.7 Å². The number of para-hydroxylation sites is 1. The molecule has 2 aliphatic rings. The van der Waals surface area contributed by atoms with Gasteiger partial charge in [-0.3, -0.25) is 9.52 Å². The Balaban J connectivity index is 1.37. The van der Waals surface area contributed by atoms with E-state index < -0.39 is 15.7 Å². The van der Waals surface area contributed by atoms with E-state index >= 15 is 0 Å². The number of nitrogens with one attached hydrogen (secondary N) is 4. The maximum Gasteiger partial charge on any atom is 0.323 e. The fourth-order valence-electron chi connectivity index (χ4n) is 4.09. The first-order valence-electron chi connectivity index (χ1n) is 9.98. The minimum Gasteiger partial charge on any atom is -0.351 e. The summed E-state index contributed by atoms with van der Waals surface area (Å²) in [5, 5.41) is 3.00. The molecule has 8 nitrogen and oxygen atoms in total. The molecular formula is C21H22N4O4S. The van der Waals surface area contributed by atoms with Crippen LogP contribution in [0.4, 0.5) is 5.69 Å². The summed E-state index contributed by atoms with van der Waals surface area (Å²) in [6.07, 6.45) is 4.78. The maximum atomic E-state index is 12.9. The predicted molar refractivity (Wildman–Crippen MR) is 113 cm³/mol. The minimum absolute atomic E-state index is 0.00821. The van der Waals surface area contributed by atoms with E-state index in [-0.39, 0.29) is 27.5 Å². The first-order valence-corrected chi connectivity index (χ1v) is 11.5. The van der Waals surface area contributed by atoms with Crippen LogP contribution in [0.25, 0.3) is 11.0 Å². The molecule has 1 heterocycles. The van der Waals surface area contributed by atoms with Crippen LogP contribution in [0.5, 0.6) is 0 Å². The quantitative estimate of drug-likeness (QED) is 0.463. The summed E-state index contributed by atoms with van der Waals surface area (Å²) >= 11 is 0. The van der Waals surface area contributed by atoms with Crippen LogP contribution >= 0.6 is 0 Å². The molecule has 2 saturated carbocycles. The number of fused-ring (bicyclic) bond motifs is 1. The molecule has 5 rings (SSSR count). The summed E-state index contributed by atoms with van der Waals surface area (Å²) in [6.45, 7) is 0.634. The predicted octanol–water partition coefficient (Wildman–Crippen LogP) is 2.58. The number of hydrogen-bond donors (Lipinski definition) is 4. The maximum absolute atomic E-state index is 12.9. The van der Waals surface area contributed by atoms with Crippen LogP contribution in [-0.4, -0.2) is 30.8 Å². The highest BCUT2D eigenvalue weighted by Gasteiger charge is 2.53. The van der Waals surface area contributed by atoms with E-state index in [1.807, 2.05) is 0 Å². The molecule has 30 heavy (non-hydrogen) atoms. The van der Waals surface area contributed by atoms with Gasteiger partial charge < -0.3 is 15.3 Å². The Morgan fingerprint density at radius 3 is 2.53 bits per heavy atom. The van der Waals surface area contributed by atoms with Crippen molar-refractivity contribution in [3.05, 3.63) is 58.5 Å². The van der Waals surface area contributed by atoms with Gasteiger partial charge in [0.15, 0.2) is 0 Å². The topological polar surface area (TPSA) is 124 Å². The molecule has 1 aromatic heterocycles. The van der Waals surface area contributed by atoms with Crippen molar-refractivity contribution in [3.63, 3.8) is 0 Å². The Bertz CT molecular complexity index is 1300. The van der Waals surface area contributed by atoms with Gasteiger partial charge in [0.05, 0.1) is 27.2 Å². The highest BCUT2D eigenvalue weighted by Crippen LogP contribution is 2.60. The number of amides is 1. The van der Waals surface area contributed by atoms with Gasteiger partial charge in [0.25, 0.3) is 15.9 Å². The zero-order valence-electron chi connectivity index (χ0n) is 16.2. The Hall–Kier alpha value is -3.07. The molecule has 2 aromatic carbocycles. The molecule has 1 amide bonds. The largest absolute Gasteiger partial charge is 0.351 e. The summed E-state index contributed by atoms with van der Waals surface area (Å²) in [6, 6.07) is 10.9. The van der Waals surface area contributed by atoms with Crippen molar-refractivity contribution in [2.45, 2.75) is 30.6 Å². The van der Waals surface area contributed by atoms with Crippen molar-refractivity contribution in [3.8, 4) is 0 Å². The summed E-state index contributed by atoms with van der Waals surface area (Å²) in [5.41, 5.74) is 1.26. The molecule has 0 atom stereocenters. The van der Waals surface area contributed by atoms with Gasteiger partial charge in [0.2, 0.25) is 0 Å². The number of hydrogen-bond acceptors (Lipinski definition) is 4. The normalized spacial score (nSPS) is 17.6. The molecule has 0 spiro atoms. The number of aromatic amines is 2. The van der Waals surface area contributed by atoms with Gasteiger partial charge in [-0.25, -0.2) is 13.2 Å². The average molecular weight is 426 g/mol. The Morgan fingerprint density at radius 2 is 1.80 bits per heavy atom. The van der Waals surface area contributed by atoms with E-state index in [1.165, 1.54) is 31.0 Å². The third-order valence-electron chi connectivity index (χ3n) is 6.15. The van der Waals surface area contributed by atoms with Gasteiger partial charge in [0.1, 0.15) is 0 Å². The molecule has 0 radical (unpaired) electrons. The van der Waals surface area contributed by atoms with Gasteiger partial charge in [-0.1, -0.05) is 12.1 Å². The lowest BCUT2D eigenvalue weighted by molar-refractivity contribution is 0.0943. The Kier molecular flexibility index (Phi) is 4.25. The molecule has 0 unspecified atom stereocenters. The third-order valence-corrected chi connectivity index (χ3v) is 7.51. The van der Waals surface area contributed by atoms with Crippen molar-refractivity contribution in [1.82, 2.24) is 15.3 Å². The van der Waals surface area contributed by atoms with Crippen molar-refractivity contribution in [1.29, 1.82) is 0 Å². The van der Waals surface area contributed by atoms with Gasteiger partial charge in [-0.2, -0.15) is 0 Å². The van der Waals surface area contributed by atoms with Crippen LogP contribution < -0.4 is 15.7 Å². The van der Waals surface area contributed by atoms with Crippen LogP contribution in [0.3, 0.4) is 0 Å². The van der Waals surface area contributed by atoms with Crippen molar-refractivity contribution in [2.75, 3.05) is 11.3 Å². The summed E-state index contributed by atoms with van der Waals surface area (Å²) in [4.78, 5) is 29.3. The molecule has 2 aliphatic carbocycles. The van der Waals surface area contributed by atoms with E-state index in [9.17, 15) is 18.0 Å². The molecule has 4 N–H and O–H groups in total. The van der Waals surface area contributed by atoms with E-state index in [4.69, 9.17) is 0 Å². The Labute approximate surface area is 173 Å². The van der Waals surface area contributed by atoms with Crippen LogP contribution in [0.15, 0.2) is 52.2 Å². The summed E-state index contributed by atoms with van der Waals surface area (Å²) in [7, 11) is -3.95. The van der Waals surface area contributed by atoms with Gasteiger partial charge in [-0.15, -0.1) is 0 Å². The molecule has 156 valence electrons. The third kappa shape index (κ3) is 3.49. The molecule has 9 heteroatoms. The van der Waals surface area contributed by atoms with E-state index in [2.05, 4.69) is 20.0 Å². The highest BCUT2D eigenvalue weighted by molar-refractivity contribution is 7.92. The number of aromatic nitrogens is 2. The highest BCUT2D eigenvalue weighted by atomic mass is 32.2. The fraction of sp³-hybridized carbons (Fsp3) is 0.333. The second-order valence-corrected chi connectivity index (χ2v) is 9.94. The smallest absolute Gasteiger partial charge is 0.323 e. The fourth-order valence-corrected chi connectivity index (χ4v) is 5.20. The van der Waals surface area contributed by atoms with Gasteiger partial charge in [-0.05, 0) is 67.3 Å². The van der Waals surface area contributed by atoms with E-state index in [0.29, 0.717) is 17.6 Å². The first kappa shape index (κ1) is 18.9. The molecule has 0 aliphatic heterocycles. The zero-order valence-corrected chi connectivity index (χ0v) is 17.0. The van der Waals surface area contributed by atoms with Crippen molar-refractivity contribution < 1.29 is 13.2 Å². The number of H-pyrrole nitrogens is 2. The monoisotopic (exact) mass is 426 g/mol. The van der Waals surface area contributed by atoms with E-state index in [1.54, 1.807) is 24.3 Å². The van der Waals surface area contributed by atoms with Crippen LogP contribution in [0.1, 0.15) is 36.0 Å². The standard InChI is InChI=1S/C21H22N4O4S/c26-19(22-12-21(9-10-21)13-5-6-13)15-3-1-2-4-16(15)25-30(28,29)14-7-8-17-18(11-14)24-20(27)23-17/h1-4,7-8,11,13,25H,5-6,9-10,12H2,(H,22,26)(H2,23,24,27). The minimum atomic E-state index is -3.95. The lowest BCUT2D eigenvalue weighted by Crippen LogP contribution is -2.32. The lowest BCUT2D eigenvalue weighted by Gasteiger charge is -2.17. The van der Waals surface area contributed by atoms with E-state index in [0.717, 1.165) is 18.8 Å². The number of benzene rings is 2. The Morgan fingerprint density at radius 1 is 1.07 bits per heavy atom. The molecule has 2 fully saturated rings. The van der Waals surface area contributed by atoms with Crippen LogP contribution in [0, 0.1) is 11.3 Å². The van der Waals surface area contributed by atoms with Crippen molar-refractivity contribution in [2.24, 2.45) is 11.3 Å². The molecule has 0 bridgehead atoms. The average Bonchev–Trinajstić information content (AvgIpc) is 3.62. The number of anilines is 1. The van der Waals surface area contributed by atoms with Crippen LogP contribution in [-0.2, 0) is 10.0 Å². The number of carbonyl (C=O) groups excluding carboxylic acids is 1. The molecular weight excluding hydrogens is 404 g/mol. The number of sulfonamides is 1. The van der Waals surface area contributed by atoms with Gasteiger partial charge in [0, 0.05) is 6.54 Å². The van der Waals surface area contributed by atoms with Crippen LogP contribution in [0.2, 0.25) is 0 Å². The second kappa shape index (κ2) is 6.73. The first-order chi connectivity index (χ1) is 14.4.